The molecule has 178 valence electrons. The first-order valence-electron chi connectivity index (χ1n) is 12.7. The zero-order valence-electron chi connectivity index (χ0n) is 20.4. The number of benzene rings is 1. The molecule has 3 saturated heterocycles. The Balaban J connectivity index is 1.16. The van der Waals surface area contributed by atoms with Crippen LogP contribution in [-0.2, 0) is 4.84 Å². The molecule has 1 aromatic carbocycles. The maximum absolute atomic E-state index is 12.6. The van der Waals surface area contributed by atoms with Crippen molar-refractivity contribution in [2.24, 2.45) is 5.92 Å². The van der Waals surface area contributed by atoms with Gasteiger partial charge in [0, 0.05) is 63.6 Å². The van der Waals surface area contributed by atoms with Crippen molar-refractivity contribution in [2.45, 2.75) is 58.5 Å². The lowest BCUT2D eigenvalue weighted by atomic mass is 9.94. The molecule has 0 atom stereocenters. The van der Waals surface area contributed by atoms with Crippen LogP contribution in [0.3, 0.4) is 0 Å². The summed E-state index contributed by atoms with van der Waals surface area (Å²) in [7, 11) is 0. The second-order valence-electron chi connectivity index (χ2n) is 10.7. The van der Waals surface area contributed by atoms with Crippen molar-refractivity contribution in [1.29, 1.82) is 0 Å². The minimum atomic E-state index is -0.0871. The summed E-state index contributed by atoms with van der Waals surface area (Å²) in [6, 6.07) is 8.29. The zero-order chi connectivity index (χ0) is 22.6. The molecule has 6 nitrogen and oxygen atoms in total. The second kappa shape index (κ2) is 10.5. The Morgan fingerprint density at radius 3 is 2.12 bits per heavy atom. The molecular weight excluding hydrogens is 400 g/mol. The van der Waals surface area contributed by atoms with E-state index in [0.717, 1.165) is 76.7 Å². The van der Waals surface area contributed by atoms with Gasteiger partial charge in [-0.15, -0.1) is 0 Å². The minimum absolute atomic E-state index is 0.0871. The zero-order valence-corrected chi connectivity index (χ0v) is 20.4. The Bertz CT molecular complexity index is 723. The fourth-order valence-electron chi connectivity index (χ4n) is 5.19. The van der Waals surface area contributed by atoms with Crippen LogP contribution in [-0.4, -0.2) is 85.3 Å². The van der Waals surface area contributed by atoms with Gasteiger partial charge in [-0.25, -0.2) is 0 Å². The molecule has 3 aliphatic heterocycles. The molecule has 3 fully saturated rings. The van der Waals surface area contributed by atoms with Gasteiger partial charge in [0.25, 0.3) is 5.91 Å². The molecule has 3 aliphatic rings. The van der Waals surface area contributed by atoms with Gasteiger partial charge < -0.3 is 9.80 Å². The lowest BCUT2D eigenvalue weighted by Crippen LogP contribution is -2.47. The van der Waals surface area contributed by atoms with E-state index < -0.39 is 0 Å². The fourth-order valence-corrected chi connectivity index (χ4v) is 5.19. The topological polar surface area (TPSA) is 39.3 Å². The third-order valence-electron chi connectivity index (χ3n) is 7.08. The van der Waals surface area contributed by atoms with Crippen LogP contribution in [0.15, 0.2) is 24.3 Å². The summed E-state index contributed by atoms with van der Waals surface area (Å²) in [4.78, 5) is 25.6. The second-order valence-corrected chi connectivity index (χ2v) is 10.7. The quantitative estimate of drug-likeness (QED) is 0.669. The van der Waals surface area contributed by atoms with Crippen LogP contribution in [0.5, 0.6) is 0 Å². The molecule has 0 spiro atoms. The highest BCUT2D eigenvalue weighted by atomic mass is 16.7. The number of amides is 1. The lowest BCUT2D eigenvalue weighted by Gasteiger charge is -2.38. The lowest BCUT2D eigenvalue weighted by molar-refractivity contribution is -0.238. The highest BCUT2D eigenvalue weighted by Crippen LogP contribution is 2.24. The number of hydroxylamine groups is 2. The monoisotopic (exact) mass is 442 g/mol. The number of anilines is 1. The molecule has 0 saturated carbocycles. The van der Waals surface area contributed by atoms with Crippen molar-refractivity contribution in [3.05, 3.63) is 29.8 Å². The van der Waals surface area contributed by atoms with Gasteiger partial charge in [0.2, 0.25) is 0 Å². The first-order chi connectivity index (χ1) is 15.4. The van der Waals surface area contributed by atoms with E-state index in [1.54, 1.807) is 0 Å². The third-order valence-corrected chi connectivity index (χ3v) is 7.08. The molecule has 1 aromatic rings. The third kappa shape index (κ3) is 6.46. The summed E-state index contributed by atoms with van der Waals surface area (Å²) in [5, 5.41) is 2.17. The van der Waals surface area contributed by atoms with Crippen molar-refractivity contribution >= 4 is 11.6 Å². The number of rotatable bonds is 6. The minimum Gasteiger partial charge on any atom is -0.369 e. The molecule has 0 radical (unpaired) electrons. The van der Waals surface area contributed by atoms with E-state index >= 15 is 0 Å². The van der Waals surface area contributed by atoms with Gasteiger partial charge in [-0.1, -0.05) is 0 Å². The van der Waals surface area contributed by atoms with Gasteiger partial charge >= 0.3 is 0 Å². The number of carbonyl (C=O) groups excluding carboxylic acids is 1. The van der Waals surface area contributed by atoms with Gasteiger partial charge in [-0.3, -0.25) is 14.5 Å². The molecule has 0 bridgehead atoms. The van der Waals surface area contributed by atoms with Crippen LogP contribution in [0.25, 0.3) is 0 Å². The van der Waals surface area contributed by atoms with Crippen LogP contribution >= 0.6 is 0 Å². The predicted molar refractivity (Wildman–Crippen MR) is 130 cm³/mol. The standard InChI is InChI=1S/C26H42N4O2/c1-26(2,3)32-30-16-11-22(12-17-30)10-15-27-18-20-28(21-19-27)24-8-6-23(7-9-24)25(31)29-13-4-5-14-29/h6-9,22H,4-5,10-21H2,1-3H3. The summed E-state index contributed by atoms with van der Waals surface area (Å²) in [6.07, 6.45) is 6.07. The highest BCUT2D eigenvalue weighted by Gasteiger charge is 2.25. The molecular formula is C26H42N4O2. The molecule has 0 aliphatic carbocycles. The predicted octanol–water partition coefficient (Wildman–Crippen LogP) is 3.88. The summed E-state index contributed by atoms with van der Waals surface area (Å²) >= 11 is 0. The Labute approximate surface area is 194 Å². The van der Waals surface area contributed by atoms with Crippen LogP contribution < -0.4 is 4.90 Å². The van der Waals surface area contributed by atoms with Crippen LogP contribution in [0.1, 0.15) is 63.2 Å². The van der Waals surface area contributed by atoms with E-state index in [-0.39, 0.29) is 11.5 Å². The molecule has 0 unspecified atom stereocenters. The van der Waals surface area contributed by atoms with Crippen molar-refractivity contribution < 1.29 is 9.63 Å². The van der Waals surface area contributed by atoms with E-state index in [2.05, 4.69) is 47.8 Å². The number of piperazine rings is 1. The van der Waals surface area contributed by atoms with Gasteiger partial charge in [0.15, 0.2) is 0 Å². The molecule has 4 rings (SSSR count). The van der Waals surface area contributed by atoms with Crippen molar-refractivity contribution in [3.63, 3.8) is 0 Å². The Hall–Kier alpha value is -1.63. The number of hydrogen-bond acceptors (Lipinski definition) is 5. The number of hydrogen-bond donors (Lipinski definition) is 0. The number of nitrogens with zero attached hydrogens (tertiary/aromatic N) is 4. The normalized spacial score (nSPS) is 22.0. The van der Waals surface area contributed by atoms with E-state index in [4.69, 9.17) is 4.84 Å². The van der Waals surface area contributed by atoms with Gasteiger partial charge in [0.05, 0.1) is 5.60 Å². The smallest absolute Gasteiger partial charge is 0.253 e. The van der Waals surface area contributed by atoms with Crippen molar-refractivity contribution in [2.75, 3.05) is 63.8 Å². The van der Waals surface area contributed by atoms with Gasteiger partial charge in [0.1, 0.15) is 0 Å². The average molecular weight is 443 g/mol. The summed E-state index contributed by atoms with van der Waals surface area (Å²) < 4.78 is 0. The maximum atomic E-state index is 12.6. The summed E-state index contributed by atoms with van der Waals surface area (Å²) in [6.45, 7) is 15.9. The highest BCUT2D eigenvalue weighted by molar-refractivity contribution is 5.94. The SMILES string of the molecule is CC(C)(C)ON1CCC(CCN2CCN(c3ccc(C(=O)N4CCCC4)cc3)CC2)CC1. The maximum Gasteiger partial charge on any atom is 0.253 e. The van der Waals surface area contributed by atoms with Crippen LogP contribution in [0, 0.1) is 5.92 Å². The van der Waals surface area contributed by atoms with E-state index in [1.807, 2.05) is 17.0 Å². The average Bonchev–Trinajstić information content (AvgIpc) is 3.33. The largest absolute Gasteiger partial charge is 0.369 e. The van der Waals surface area contributed by atoms with Crippen molar-refractivity contribution in [1.82, 2.24) is 14.9 Å². The molecule has 1 amide bonds. The first kappa shape index (κ1) is 23.5. The number of carbonyl (C=O) groups is 1. The Morgan fingerprint density at radius 2 is 1.53 bits per heavy atom. The molecule has 32 heavy (non-hydrogen) atoms. The number of piperidine rings is 1. The van der Waals surface area contributed by atoms with Gasteiger partial charge in [-0.2, -0.15) is 5.06 Å². The van der Waals surface area contributed by atoms with Crippen molar-refractivity contribution in [3.8, 4) is 0 Å². The van der Waals surface area contributed by atoms with Gasteiger partial charge in [-0.05, 0) is 89.6 Å². The first-order valence-corrected chi connectivity index (χ1v) is 12.7. The summed E-state index contributed by atoms with van der Waals surface area (Å²) in [5.74, 6) is 1.02. The number of likely N-dealkylation sites (tertiary alicyclic amines) is 1. The fraction of sp³-hybridized carbons (Fsp3) is 0.731. The molecule has 6 heteroatoms. The van der Waals surface area contributed by atoms with E-state index in [0.29, 0.717) is 0 Å². The van der Waals surface area contributed by atoms with E-state index in [9.17, 15) is 4.79 Å². The van der Waals surface area contributed by atoms with E-state index in [1.165, 1.54) is 31.5 Å². The Morgan fingerprint density at radius 1 is 0.906 bits per heavy atom. The Kier molecular flexibility index (Phi) is 7.74. The summed E-state index contributed by atoms with van der Waals surface area (Å²) in [5.41, 5.74) is 1.98. The molecule has 0 aromatic heterocycles. The molecule has 3 heterocycles. The van der Waals surface area contributed by atoms with Crippen LogP contribution in [0.4, 0.5) is 5.69 Å². The van der Waals surface area contributed by atoms with Crippen LogP contribution in [0.2, 0.25) is 0 Å². The molecule has 0 N–H and O–H groups in total.